The minimum Gasteiger partial charge on any atom is -0.456 e. The molecule has 0 aliphatic rings. The first-order chi connectivity index (χ1) is 31.0. The van der Waals surface area contributed by atoms with Gasteiger partial charge in [-0.25, -0.2) is 15.0 Å². The summed E-state index contributed by atoms with van der Waals surface area (Å²) < 4.78 is 145. The third kappa shape index (κ3) is 4.83. The lowest BCUT2D eigenvalue weighted by Crippen LogP contribution is -2.00. The topological polar surface area (TPSA) is 65.0 Å². The van der Waals surface area contributed by atoms with Gasteiger partial charge < -0.3 is 8.83 Å². The second-order valence-electron chi connectivity index (χ2n) is 11.2. The summed E-state index contributed by atoms with van der Waals surface area (Å²) >= 11 is 0. The van der Waals surface area contributed by atoms with E-state index in [4.69, 9.17) is 26.2 Å². The first-order valence-corrected chi connectivity index (χ1v) is 15.4. The van der Waals surface area contributed by atoms with Gasteiger partial charge in [0.2, 0.25) is 0 Å². The first kappa shape index (κ1) is 17.0. The summed E-state index contributed by atoms with van der Waals surface area (Å²) in [5.41, 5.74) is -1.25. The van der Waals surface area contributed by atoms with Crippen LogP contribution in [0.1, 0.15) is 20.6 Å². The minimum atomic E-state index is -0.840. The molecule has 3 aromatic heterocycles. The fourth-order valence-electron chi connectivity index (χ4n) is 5.77. The van der Waals surface area contributed by atoms with Crippen molar-refractivity contribution in [2.45, 2.75) is 0 Å². The van der Waals surface area contributed by atoms with Crippen LogP contribution in [0.5, 0.6) is 0 Å². The Kier molecular flexibility index (Phi) is 3.87. The van der Waals surface area contributed by atoms with E-state index in [1.54, 1.807) is 42.5 Å². The van der Waals surface area contributed by atoms with E-state index >= 15 is 0 Å². The Labute approximate surface area is 308 Å². The van der Waals surface area contributed by atoms with Gasteiger partial charge >= 0.3 is 0 Å². The molecule has 10 rings (SSSR count). The number of hydrogen-bond donors (Lipinski definition) is 0. The van der Waals surface area contributed by atoms with E-state index in [-0.39, 0.29) is 39.4 Å². The molecular formula is C45H27N3O2. The summed E-state index contributed by atoms with van der Waals surface area (Å²) in [6.07, 6.45) is 0. The van der Waals surface area contributed by atoms with Crippen LogP contribution in [0.25, 0.3) is 100 Å². The van der Waals surface area contributed by atoms with Crippen LogP contribution in [-0.4, -0.2) is 15.0 Å². The number of nitrogens with zero attached hydrogens (tertiary/aromatic N) is 3. The van der Waals surface area contributed by atoms with E-state index in [0.29, 0.717) is 22.3 Å². The summed E-state index contributed by atoms with van der Waals surface area (Å²) in [5.74, 6) is -0.0138. The monoisotopic (exact) mass is 656 g/mol. The van der Waals surface area contributed by atoms with E-state index in [0.717, 1.165) is 10.8 Å². The molecule has 10 aromatic rings. The van der Waals surface area contributed by atoms with Gasteiger partial charge in [0.25, 0.3) is 0 Å². The minimum absolute atomic E-state index is 0.107. The van der Waals surface area contributed by atoms with Crippen molar-refractivity contribution in [3.05, 3.63) is 163 Å². The molecule has 3 heterocycles. The predicted octanol–water partition coefficient (Wildman–Crippen LogP) is 12.0. The highest BCUT2D eigenvalue weighted by atomic mass is 16.3. The van der Waals surface area contributed by atoms with Crippen molar-refractivity contribution in [2.75, 3.05) is 0 Å². The smallest absolute Gasteiger partial charge is 0.164 e. The van der Waals surface area contributed by atoms with Crippen LogP contribution >= 0.6 is 0 Å². The summed E-state index contributed by atoms with van der Waals surface area (Å²) in [4.78, 5) is 14.1. The molecule has 0 unspecified atom stereocenters. The van der Waals surface area contributed by atoms with Crippen LogP contribution in [0.15, 0.2) is 172 Å². The quantitative estimate of drug-likeness (QED) is 0.184. The maximum absolute atomic E-state index is 9.50. The normalized spacial score (nSPS) is 15.8. The van der Waals surface area contributed by atoms with Crippen molar-refractivity contribution < 1.29 is 29.4 Å². The zero-order chi connectivity index (χ0) is 46.1. The Balaban J connectivity index is 1.20. The van der Waals surface area contributed by atoms with Crippen LogP contribution in [0.2, 0.25) is 0 Å². The third-order valence-electron chi connectivity index (χ3n) is 8.16. The number of para-hydroxylation sites is 2. The molecule has 5 heteroatoms. The van der Waals surface area contributed by atoms with Gasteiger partial charge in [-0.2, -0.15) is 0 Å². The third-order valence-corrected chi connectivity index (χ3v) is 8.16. The highest BCUT2D eigenvalue weighted by Crippen LogP contribution is 2.35. The standard InChI is InChI=1S/C45H27N3O2/c1-2-9-30(10-3-1)43-46-44(48-45(47-43)34-21-23-37-35-13-4-6-15-39(35)50-42(37)27-34)33-12-8-11-31(25-33)28-17-19-29(20-18-28)32-22-24-41-38(26-32)36-14-5-7-16-40(36)49-41/h1-27H/i5D,7D,8D,11D,12D,14D,16D,17D,18D,19D,20D,22D,24D,25D,26D. The fraction of sp³-hybridized carbons (Fsp3) is 0. The number of furan rings is 2. The Morgan fingerprint density at radius 1 is 0.360 bits per heavy atom. The largest absolute Gasteiger partial charge is 0.456 e. The van der Waals surface area contributed by atoms with E-state index in [2.05, 4.69) is 9.97 Å². The van der Waals surface area contributed by atoms with Crippen LogP contribution in [0.4, 0.5) is 0 Å². The van der Waals surface area contributed by atoms with E-state index in [1.165, 1.54) is 0 Å². The lowest BCUT2D eigenvalue weighted by Gasteiger charge is -2.10. The van der Waals surface area contributed by atoms with Gasteiger partial charge in [0.15, 0.2) is 17.5 Å². The van der Waals surface area contributed by atoms with Crippen molar-refractivity contribution in [2.24, 2.45) is 0 Å². The van der Waals surface area contributed by atoms with Crippen molar-refractivity contribution >= 4 is 43.9 Å². The average Bonchev–Trinajstić information content (AvgIpc) is 3.90. The molecule has 234 valence electrons. The van der Waals surface area contributed by atoms with Crippen LogP contribution in [0, 0.1) is 0 Å². The molecule has 7 aromatic carbocycles. The highest BCUT2D eigenvalue weighted by Gasteiger charge is 2.15. The summed E-state index contributed by atoms with van der Waals surface area (Å²) in [7, 11) is 0. The Morgan fingerprint density at radius 3 is 1.82 bits per heavy atom. The summed E-state index contributed by atoms with van der Waals surface area (Å²) in [5, 5.41) is 1.17. The van der Waals surface area contributed by atoms with Crippen molar-refractivity contribution in [3.63, 3.8) is 0 Å². The molecule has 0 saturated heterocycles. The number of aromatic nitrogens is 3. The number of fused-ring (bicyclic) bond motifs is 6. The van der Waals surface area contributed by atoms with Gasteiger partial charge in [-0.1, -0.05) is 121 Å². The van der Waals surface area contributed by atoms with E-state index < -0.39 is 118 Å². The van der Waals surface area contributed by atoms with Gasteiger partial charge in [0.1, 0.15) is 22.3 Å². The maximum Gasteiger partial charge on any atom is 0.164 e. The van der Waals surface area contributed by atoms with Crippen LogP contribution < -0.4 is 0 Å². The molecule has 0 fully saturated rings. The van der Waals surface area contributed by atoms with Gasteiger partial charge in [0, 0.05) is 38.2 Å². The fourth-order valence-corrected chi connectivity index (χ4v) is 5.77. The SMILES string of the molecule is [2H]c1c([2H])c(-c2nc(-c3ccccc3)nc(-c3ccc4c(c3)oc3ccccc34)n2)c([2H])c(-c2c([2H])c([2H])c(-c3c([2H])c([2H])c4oc5c([2H])c([2H])c([2H])c([2H])c5c4c3[2H])c([2H])c2[2H])c1[2H]. The number of benzene rings is 7. The zero-order valence-corrected chi connectivity index (χ0v) is 25.6. The molecule has 50 heavy (non-hydrogen) atoms. The molecule has 5 nitrogen and oxygen atoms in total. The van der Waals surface area contributed by atoms with Crippen LogP contribution in [-0.2, 0) is 0 Å². The molecule has 0 amide bonds. The highest BCUT2D eigenvalue weighted by molar-refractivity contribution is 6.07. The summed E-state index contributed by atoms with van der Waals surface area (Å²) in [6.45, 7) is 0. The molecule has 0 N–H and O–H groups in total. The second kappa shape index (κ2) is 11.4. The maximum atomic E-state index is 9.50. The first-order valence-electron chi connectivity index (χ1n) is 22.9. The molecule has 0 aliphatic carbocycles. The lowest BCUT2D eigenvalue weighted by atomic mass is 9.98. The van der Waals surface area contributed by atoms with Crippen molar-refractivity contribution in [1.82, 2.24) is 15.0 Å². The molecule has 0 spiro atoms. The Hall–Kier alpha value is -6.85. The van der Waals surface area contributed by atoms with Gasteiger partial charge in [-0.05, 0) is 64.6 Å². The number of hydrogen-bond acceptors (Lipinski definition) is 5. The molecule has 0 bridgehead atoms. The lowest BCUT2D eigenvalue weighted by molar-refractivity contribution is 0.668. The van der Waals surface area contributed by atoms with Gasteiger partial charge in [-0.15, -0.1) is 0 Å². The predicted molar refractivity (Wildman–Crippen MR) is 202 cm³/mol. The molecule has 0 aliphatic heterocycles. The number of rotatable bonds is 5. The molecule has 0 saturated carbocycles. The van der Waals surface area contributed by atoms with Crippen molar-refractivity contribution in [3.8, 4) is 56.4 Å². The molecule has 0 radical (unpaired) electrons. The van der Waals surface area contributed by atoms with E-state index in [9.17, 15) is 8.22 Å². The average molecular weight is 657 g/mol. The second-order valence-corrected chi connectivity index (χ2v) is 11.2. The Bertz CT molecular complexity index is 3710. The van der Waals surface area contributed by atoms with Crippen molar-refractivity contribution in [1.29, 1.82) is 0 Å². The summed E-state index contributed by atoms with van der Waals surface area (Å²) in [6, 6.07) is 11.0. The zero-order valence-electron chi connectivity index (χ0n) is 40.6. The molecular weight excluding hydrogens is 615 g/mol. The van der Waals surface area contributed by atoms with Gasteiger partial charge in [-0.3, -0.25) is 0 Å². The van der Waals surface area contributed by atoms with Crippen LogP contribution in [0.3, 0.4) is 0 Å². The van der Waals surface area contributed by atoms with E-state index in [1.807, 2.05) is 30.3 Å². The van der Waals surface area contributed by atoms with Gasteiger partial charge in [0.05, 0.1) is 20.6 Å². The molecule has 0 atom stereocenters. The Morgan fingerprint density at radius 2 is 0.980 bits per heavy atom.